The first-order valence-corrected chi connectivity index (χ1v) is 6.88. The number of hydrogen-bond acceptors (Lipinski definition) is 0. The van der Waals surface area contributed by atoms with Crippen LogP contribution in [0.25, 0.3) is 10.8 Å². The van der Waals surface area contributed by atoms with Gasteiger partial charge in [-0.3, -0.25) is 0 Å². The standard InChI is InChI=1S/C17H22/c1-2-3-4-5-6-9-15-12-13-16-10-7-8-11-17(16)14-15/h7-8,10-14H,2-6,9H2,1H3. The lowest BCUT2D eigenvalue weighted by Crippen LogP contribution is -1.86. The van der Waals surface area contributed by atoms with Crippen molar-refractivity contribution in [2.75, 3.05) is 0 Å². The van der Waals surface area contributed by atoms with E-state index in [4.69, 9.17) is 0 Å². The van der Waals surface area contributed by atoms with Crippen molar-refractivity contribution in [2.45, 2.75) is 45.4 Å². The van der Waals surface area contributed by atoms with Crippen molar-refractivity contribution >= 4 is 10.8 Å². The van der Waals surface area contributed by atoms with Gasteiger partial charge in [0.15, 0.2) is 0 Å². The van der Waals surface area contributed by atoms with E-state index in [-0.39, 0.29) is 0 Å². The molecule has 2 aromatic rings. The van der Waals surface area contributed by atoms with Crippen molar-refractivity contribution in [3.05, 3.63) is 48.0 Å². The van der Waals surface area contributed by atoms with Crippen LogP contribution < -0.4 is 0 Å². The predicted molar refractivity (Wildman–Crippen MR) is 76.4 cm³/mol. The first-order valence-electron chi connectivity index (χ1n) is 6.88. The van der Waals surface area contributed by atoms with Gasteiger partial charge in [-0.2, -0.15) is 0 Å². The lowest BCUT2D eigenvalue weighted by Gasteiger charge is -2.04. The lowest BCUT2D eigenvalue weighted by molar-refractivity contribution is 0.632. The van der Waals surface area contributed by atoms with Crippen LogP contribution >= 0.6 is 0 Å². The summed E-state index contributed by atoms with van der Waals surface area (Å²) >= 11 is 0. The van der Waals surface area contributed by atoms with Gasteiger partial charge in [0.2, 0.25) is 0 Å². The quantitative estimate of drug-likeness (QED) is 0.582. The first-order chi connectivity index (χ1) is 8.40. The number of rotatable bonds is 6. The summed E-state index contributed by atoms with van der Waals surface area (Å²) in [5, 5.41) is 2.72. The smallest absolute Gasteiger partial charge is 0.0181 e. The van der Waals surface area contributed by atoms with E-state index in [1.807, 2.05) is 0 Å². The maximum Gasteiger partial charge on any atom is -0.0181 e. The van der Waals surface area contributed by atoms with Crippen LogP contribution in [0, 0.1) is 0 Å². The van der Waals surface area contributed by atoms with Crippen LogP contribution in [-0.4, -0.2) is 0 Å². The third-order valence-corrected chi connectivity index (χ3v) is 3.38. The molecule has 17 heavy (non-hydrogen) atoms. The Morgan fingerprint density at radius 3 is 2.35 bits per heavy atom. The third kappa shape index (κ3) is 3.59. The normalized spacial score (nSPS) is 10.9. The van der Waals surface area contributed by atoms with E-state index in [2.05, 4.69) is 49.4 Å². The van der Waals surface area contributed by atoms with Gasteiger partial charge >= 0.3 is 0 Å². The Hall–Kier alpha value is -1.30. The summed E-state index contributed by atoms with van der Waals surface area (Å²) in [7, 11) is 0. The molecular formula is C17H22. The van der Waals surface area contributed by atoms with Crippen LogP contribution in [0.5, 0.6) is 0 Å². The second-order valence-corrected chi connectivity index (χ2v) is 4.85. The Balaban J connectivity index is 1.90. The van der Waals surface area contributed by atoms with Crippen molar-refractivity contribution in [1.29, 1.82) is 0 Å². The lowest BCUT2D eigenvalue weighted by atomic mass is 10.0. The number of fused-ring (bicyclic) bond motifs is 1. The van der Waals surface area contributed by atoms with Gasteiger partial charge in [0, 0.05) is 0 Å². The molecule has 0 heterocycles. The highest BCUT2D eigenvalue weighted by atomic mass is 14.0. The van der Waals surface area contributed by atoms with Crippen LogP contribution in [-0.2, 0) is 6.42 Å². The molecule has 0 heteroatoms. The van der Waals surface area contributed by atoms with E-state index in [0.29, 0.717) is 0 Å². The summed E-state index contributed by atoms with van der Waals surface area (Å²) in [6.07, 6.45) is 8.05. The monoisotopic (exact) mass is 226 g/mol. The minimum Gasteiger partial charge on any atom is -0.0654 e. The third-order valence-electron chi connectivity index (χ3n) is 3.38. The molecule has 0 N–H and O–H groups in total. The average molecular weight is 226 g/mol. The molecule has 0 aliphatic carbocycles. The topological polar surface area (TPSA) is 0 Å². The molecule has 0 atom stereocenters. The number of unbranched alkanes of at least 4 members (excludes halogenated alkanes) is 4. The molecule has 0 unspecified atom stereocenters. The highest BCUT2D eigenvalue weighted by Crippen LogP contribution is 2.17. The van der Waals surface area contributed by atoms with Gasteiger partial charge in [-0.05, 0) is 29.2 Å². The van der Waals surface area contributed by atoms with Gasteiger partial charge in [0.25, 0.3) is 0 Å². The molecule has 90 valence electrons. The number of aryl methyl sites for hydroxylation is 1. The fourth-order valence-corrected chi connectivity index (χ4v) is 2.33. The van der Waals surface area contributed by atoms with Crippen molar-refractivity contribution in [2.24, 2.45) is 0 Å². The van der Waals surface area contributed by atoms with E-state index < -0.39 is 0 Å². The minimum absolute atomic E-state index is 1.23. The van der Waals surface area contributed by atoms with Crippen molar-refractivity contribution in [3.8, 4) is 0 Å². The van der Waals surface area contributed by atoms with Gasteiger partial charge in [0.1, 0.15) is 0 Å². The largest absolute Gasteiger partial charge is 0.0654 e. The average Bonchev–Trinajstić information content (AvgIpc) is 2.38. The maximum atomic E-state index is 2.34. The van der Waals surface area contributed by atoms with Crippen LogP contribution in [0.4, 0.5) is 0 Å². The second-order valence-electron chi connectivity index (χ2n) is 4.85. The fourth-order valence-electron chi connectivity index (χ4n) is 2.33. The van der Waals surface area contributed by atoms with Crippen molar-refractivity contribution < 1.29 is 0 Å². The highest BCUT2D eigenvalue weighted by Gasteiger charge is 1.96. The Labute approximate surface area is 105 Å². The zero-order valence-corrected chi connectivity index (χ0v) is 10.8. The Bertz CT molecular complexity index is 456. The Morgan fingerprint density at radius 1 is 0.765 bits per heavy atom. The van der Waals surface area contributed by atoms with Gasteiger partial charge < -0.3 is 0 Å². The zero-order chi connectivity index (χ0) is 11.9. The summed E-state index contributed by atoms with van der Waals surface area (Å²) in [4.78, 5) is 0. The number of hydrogen-bond donors (Lipinski definition) is 0. The molecular weight excluding hydrogens is 204 g/mol. The Morgan fingerprint density at radius 2 is 1.53 bits per heavy atom. The van der Waals surface area contributed by atoms with Crippen LogP contribution in [0.3, 0.4) is 0 Å². The molecule has 0 fully saturated rings. The molecule has 0 aliphatic heterocycles. The SMILES string of the molecule is CCCCCCCc1ccc2ccccc2c1. The van der Waals surface area contributed by atoms with Crippen LogP contribution in [0.2, 0.25) is 0 Å². The van der Waals surface area contributed by atoms with Gasteiger partial charge in [0.05, 0.1) is 0 Å². The predicted octanol–water partition coefficient (Wildman–Crippen LogP) is 5.35. The summed E-state index contributed by atoms with van der Waals surface area (Å²) in [5.41, 5.74) is 1.49. The van der Waals surface area contributed by atoms with Crippen LogP contribution in [0.15, 0.2) is 42.5 Å². The fraction of sp³-hybridized carbons (Fsp3) is 0.412. The second kappa shape index (κ2) is 6.44. The maximum absolute atomic E-state index is 2.34. The van der Waals surface area contributed by atoms with E-state index in [0.717, 1.165) is 0 Å². The van der Waals surface area contributed by atoms with E-state index in [1.54, 1.807) is 0 Å². The van der Waals surface area contributed by atoms with Gasteiger partial charge in [-0.25, -0.2) is 0 Å². The molecule has 0 spiro atoms. The Kier molecular flexibility index (Phi) is 4.61. The molecule has 2 aromatic carbocycles. The van der Waals surface area contributed by atoms with Crippen molar-refractivity contribution in [3.63, 3.8) is 0 Å². The van der Waals surface area contributed by atoms with Gasteiger partial charge in [-0.15, -0.1) is 0 Å². The summed E-state index contributed by atoms with van der Waals surface area (Å²) in [6, 6.07) is 15.5. The number of benzene rings is 2. The molecule has 0 radical (unpaired) electrons. The van der Waals surface area contributed by atoms with Crippen molar-refractivity contribution in [1.82, 2.24) is 0 Å². The van der Waals surface area contributed by atoms with E-state index in [1.165, 1.54) is 54.9 Å². The summed E-state index contributed by atoms with van der Waals surface area (Å²) < 4.78 is 0. The highest BCUT2D eigenvalue weighted by molar-refractivity contribution is 5.82. The molecule has 0 saturated carbocycles. The first kappa shape index (κ1) is 12.2. The minimum atomic E-state index is 1.23. The molecule has 0 nitrogen and oxygen atoms in total. The summed E-state index contributed by atoms with van der Waals surface area (Å²) in [5.74, 6) is 0. The van der Waals surface area contributed by atoms with E-state index in [9.17, 15) is 0 Å². The molecule has 0 amide bonds. The van der Waals surface area contributed by atoms with Crippen LogP contribution in [0.1, 0.15) is 44.6 Å². The zero-order valence-electron chi connectivity index (χ0n) is 10.8. The molecule has 0 saturated heterocycles. The van der Waals surface area contributed by atoms with E-state index >= 15 is 0 Å². The molecule has 2 rings (SSSR count). The molecule has 0 aromatic heterocycles. The molecule has 0 aliphatic rings. The molecule has 0 bridgehead atoms. The van der Waals surface area contributed by atoms with Gasteiger partial charge in [-0.1, -0.05) is 75.1 Å². The summed E-state index contributed by atoms with van der Waals surface area (Å²) in [6.45, 7) is 2.27.